The fourth-order valence-electron chi connectivity index (χ4n) is 2.55. The summed E-state index contributed by atoms with van der Waals surface area (Å²) in [4.78, 5) is 14.0. The number of aliphatic hydroxyl groups excluding tert-OH is 1. The van der Waals surface area contributed by atoms with Gasteiger partial charge in [0.05, 0.1) is 11.8 Å². The maximum Gasteiger partial charge on any atom is 0.414 e. The van der Waals surface area contributed by atoms with Gasteiger partial charge in [-0.25, -0.2) is 4.79 Å². The minimum atomic E-state index is -0.525. The van der Waals surface area contributed by atoms with Gasteiger partial charge in [-0.05, 0) is 57.7 Å². The molecule has 20 heavy (non-hydrogen) atoms. The molecule has 0 saturated carbocycles. The molecule has 1 aliphatic heterocycles. The van der Waals surface area contributed by atoms with Crippen molar-refractivity contribution in [3.05, 3.63) is 29.3 Å². The lowest BCUT2D eigenvalue weighted by atomic mass is 9.94. The van der Waals surface area contributed by atoms with Gasteiger partial charge >= 0.3 is 6.09 Å². The Bertz CT molecular complexity index is 503. The molecule has 0 bridgehead atoms. The highest BCUT2D eigenvalue weighted by Crippen LogP contribution is 2.33. The summed E-state index contributed by atoms with van der Waals surface area (Å²) in [6.45, 7) is 8.00. The number of hydrogen-bond acceptors (Lipinski definition) is 3. The van der Waals surface area contributed by atoms with Crippen LogP contribution >= 0.6 is 0 Å². The lowest BCUT2D eigenvalue weighted by Crippen LogP contribution is -2.40. The molecule has 0 fully saturated rings. The van der Waals surface area contributed by atoms with Gasteiger partial charge in [-0.15, -0.1) is 0 Å². The van der Waals surface area contributed by atoms with Crippen LogP contribution in [0.15, 0.2) is 18.2 Å². The standard InChI is InChI=1S/C16H23NO3/c1-11(18)12-7-5-9-14-13(12)8-6-10-17(14)15(19)20-16(2,3)4/h5,7,9,11,18H,6,8,10H2,1-4H3. The largest absolute Gasteiger partial charge is 0.443 e. The molecule has 1 aliphatic rings. The molecule has 1 atom stereocenters. The Balaban J connectivity index is 2.34. The molecule has 2 rings (SSSR count). The molecule has 1 amide bonds. The Labute approximate surface area is 120 Å². The minimum Gasteiger partial charge on any atom is -0.443 e. The third kappa shape index (κ3) is 3.12. The highest BCUT2D eigenvalue weighted by atomic mass is 16.6. The Hall–Kier alpha value is -1.55. The molecule has 0 spiro atoms. The highest BCUT2D eigenvalue weighted by molar-refractivity contribution is 5.89. The molecule has 110 valence electrons. The van der Waals surface area contributed by atoms with E-state index >= 15 is 0 Å². The van der Waals surface area contributed by atoms with Crippen LogP contribution in [0.4, 0.5) is 10.5 Å². The lowest BCUT2D eigenvalue weighted by Gasteiger charge is -2.33. The van der Waals surface area contributed by atoms with Gasteiger partial charge < -0.3 is 9.84 Å². The smallest absolute Gasteiger partial charge is 0.414 e. The number of carbonyl (C=O) groups is 1. The number of aliphatic hydroxyl groups is 1. The normalized spacial score (nSPS) is 16.6. The molecule has 1 unspecified atom stereocenters. The molecular formula is C16H23NO3. The van der Waals surface area contributed by atoms with Crippen molar-refractivity contribution in [1.82, 2.24) is 0 Å². The Morgan fingerprint density at radius 2 is 2.10 bits per heavy atom. The number of amides is 1. The summed E-state index contributed by atoms with van der Waals surface area (Å²) in [6.07, 6.45) is 0.927. The van der Waals surface area contributed by atoms with Crippen molar-refractivity contribution in [3.63, 3.8) is 0 Å². The van der Waals surface area contributed by atoms with Crippen LogP contribution < -0.4 is 4.90 Å². The molecule has 0 aromatic heterocycles. The molecule has 1 N–H and O–H groups in total. The average Bonchev–Trinajstić information content (AvgIpc) is 2.35. The molecule has 0 aliphatic carbocycles. The van der Waals surface area contributed by atoms with Gasteiger partial charge in [0.25, 0.3) is 0 Å². The second-order valence-electron chi connectivity index (χ2n) is 6.26. The molecule has 4 nitrogen and oxygen atoms in total. The molecule has 1 aromatic rings. The van der Waals surface area contributed by atoms with Gasteiger partial charge in [0, 0.05) is 6.54 Å². The van der Waals surface area contributed by atoms with E-state index in [4.69, 9.17) is 4.74 Å². The SMILES string of the molecule is CC(O)c1cccc2c1CCCN2C(=O)OC(C)(C)C. The summed E-state index contributed by atoms with van der Waals surface area (Å²) >= 11 is 0. The van der Waals surface area contributed by atoms with E-state index in [1.165, 1.54) is 0 Å². The van der Waals surface area contributed by atoms with Crippen LogP contribution in [0, 0.1) is 0 Å². The third-order valence-corrected chi connectivity index (χ3v) is 3.35. The first-order chi connectivity index (χ1) is 9.29. The zero-order valence-electron chi connectivity index (χ0n) is 12.6. The first kappa shape index (κ1) is 14.9. The Kier molecular flexibility index (Phi) is 4.04. The van der Waals surface area contributed by atoms with Crippen LogP contribution in [0.25, 0.3) is 0 Å². The fourth-order valence-corrected chi connectivity index (χ4v) is 2.55. The first-order valence-corrected chi connectivity index (χ1v) is 7.10. The number of hydrogen-bond donors (Lipinski definition) is 1. The molecule has 1 aromatic carbocycles. The minimum absolute atomic E-state index is 0.318. The molecule has 0 radical (unpaired) electrons. The third-order valence-electron chi connectivity index (χ3n) is 3.35. The van der Waals surface area contributed by atoms with E-state index in [1.54, 1.807) is 11.8 Å². The second-order valence-corrected chi connectivity index (χ2v) is 6.26. The monoisotopic (exact) mass is 277 g/mol. The van der Waals surface area contributed by atoms with Crippen LogP contribution in [-0.2, 0) is 11.2 Å². The number of ether oxygens (including phenoxy) is 1. The summed E-state index contributed by atoms with van der Waals surface area (Å²) in [6, 6.07) is 5.72. The van der Waals surface area contributed by atoms with E-state index in [0.29, 0.717) is 6.54 Å². The summed E-state index contributed by atoms with van der Waals surface area (Å²) in [5, 5.41) is 9.86. The number of carbonyl (C=O) groups excluding carboxylic acids is 1. The molecule has 4 heteroatoms. The zero-order valence-corrected chi connectivity index (χ0v) is 12.6. The predicted molar refractivity (Wildman–Crippen MR) is 79.0 cm³/mol. The van der Waals surface area contributed by atoms with E-state index in [1.807, 2.05) is 39.0 Å². The van der Waals surface area contributed by atoms with Gasteiger partial charge in [0.15, 0.2) is 0 Å². The maximum atomic E-state index is 12.3. The van der Waals surface area contributed by atoms with Crippen molar-refractivity contribution >= 4 is 11.8 Å². The van der Waals surface area contributed by atoms with E-state index < -0.39 is 11.7 Å². The summed E-state index contributed by atoms with van der Waals surface area (Å²) in [5.74, 6) is 0. The number of fused-ring (bicyclic) bond motifs is 1. The number of rotatable bonds is 1. The first-order valence-electron chi connectivity index (χ1n) is 7.10. The van der Waals surface area contributed by atoms with Crippen LogP contribution in [0.2, 0.25) is 0 Å². The Morgan fingerprint density at radius 1 is 1.40 bits per heavy atom. The van der Waals surface area contributed by atoms with E-state index in [9.17, 15) is 9.90 Å². The van der Waals surface area contributed by atoms with E-state index in [0.717, 1.165) is 29.7 Å². The van der Waals surface area contributed by atoms with Crippen molar-refractivity contribution < 1.29 is 14.6 Å². The van der Waals surface area contributed by atoms with Crippen LogP contribution in [0.1, 0.15) is 51.3 Å². The number of nitrogens with zero attached hydrogens (tertiary/aromatic N) is 1. The average molecular weight is 277 g/mol. The summed E-state index contributed by atoms with van der Waals surface area (Å²) < 4.78 is 5.46. The molecule has 0 saturated heterocycles. The lowest BCUT2D eigenvalue weighted by molar-refractivity contribution is 0.0577. The van der Waals surface area contributed by atoms with E-state index in [-0.39, 0.29) is 6.09 Å². The highest BCUT2D eigenvalue weighted by Gasteiger charge is 2.28. The summed E-state index contributed by atoms with van der Waals surface area (Å²) in [7, 11) is 0. The van der Waals surface area contributed by atoms with E-state index in [2.05, 4.69) is 0 Å². The fraction of sp³-hybridized carbons (Fsp3) is 0.562. The Morgan fingerprint density at radius 3 is 2.70 bits per heavy atom. The van der Waals surface area contributed by atoms with Crippen molar-refractivity contribution in [3.8, 4) is 0 Å². The zero-order chi connectivity index (χ0) is 14.9. The van der Waals surface area contributed by atoms with Gasteiger partial charge in [-0.1, -0.05) is 12.1 Å². The van der Waals surface area contributed by atoms with Gasteiger partial charge in [-0.2, -0.15) is 0 Å². The quantitative estimate of drug-likeness (QED) is 0.855. The number of anilines is 1. The van der Waals surface area contributed by atoms with Crippen molar-refractivity contribution in [1.29, 1.82) is 0 Å². The van der Waals surface area contributed by atoms with Crippen molar-refractivity contribution in [2.24, 2.45) is 0 Å². The summed E-state index contributed by atoms with van der Waals surface area (Å²) in [5.41, 5.74) is 2.32. The van der Waals surface area contributed by atoms with Crippen LogP contribution in [0.3, 0.4) is 0 Å². The second kappa shape index (κ2) is 5.44. The van der Waals surface area contributed by atoms with Gasteiger partial charge in [0.2, 0.25) is 0 Å². The van der Waals surface area contributed by atoms with Gasteiger partial charge in [-0.3, -0.25) is 4.90 Å². The topological polar surface area (TPSA) is 49.8 Å². The predicted octanol–water partition coefficient (Wildman–Crippen LogP) is 3.43. The molecular weight excluding hydrogens is 254 g/mol. The van der Waals surface area contributed by atoms with Gasteiger partial charge in [0.1, 0.15) is 5.60 Å². The number of benzene rings is 1. The van der Waals surface area contributed by atoms with Crippen molar-refractivity contribution in [2.45, 2.75) is 52.2 Å². The molecule has 1 heterocycles. The maximum absolute atomic E-state index is 12.3. The van der Waals surface area contributed by atoms with Crippen molar-refractivity contribution in [2.75, 3.05) is 11.4 Å². The van der Waals surface area contributed by atoms with Crippen LogP contribution in [0.5, 0.6) is 0 Å². The van der Waals surface area contributed by atoms with Crippen LogP contribution in [-0.4, -0.2) is 23.3 Å².